The van der Waals surface area contributed by atoms with E-state index in [-0.39, 0.29) is 23.2 Å². The number of anilines is 1. The molecular weight excluding hydrogens is 427 g/mol. The van der Waals surface area contributed by atoms with Crippen LogP contribution in [-0.2, 0) is 14.8 Å². The Labute approximate surface area is 183 Å². The van der Waals surface area contributed by atoms with Crippen molar-refractivity contribution in [2.75, 3.05) is 10.6 Å². The summed E-state index contributed by atoms with van der Waals surface area (Å²) in [5.74, 6) is -1.10. The first-order valence-corrected chi connectivity index (χ1v) is 11.9. The van der Waals surface area contributed by atoms with Crippen LogP contribution in [0.15, 0.2) is 30.3 Å². The lowest BCUT2D eigenvalue weighted by Gasteiger charge is -2.31. The third-order valence-corrected chi connectivity index (χ3v) is 6.66. The van der Waals surface area contributed by atoms with E-state index in [1.165, 1.54) is 12.1 Å². The monoisotopic (exact) mass is 454 g/mol. The number of benzene rings is 2. The number of nitrogens with zero attached hydrogens (tertiary/aromatic N) is 1. The molecule has 0 aromatic heterocycles. The zero-order valence-electron chi connectivity index (χ0n) is 18.1. The van der Waals surface area contributed by atoms with Gasteiger partial charge in [-0.2, -0.15) is 0 Å². The predicted molar refractivity (Wildman–Crippen MR) is 120 cm³/mol. The highest BCUT2D eigenvalue weighted by atomic mass is 35.5. The molecule has 2 rings (SSSR count). The number of aryl methyl sites for hydroxylation is 3. The number of nitrogens with one attached hydrogen (secondary N) is 1. The smallest absolute Gasteiger partial charge is 0.244 e. The summed E-state index contributed by atoms with van der Waals surface area (Å²) in [6, 6.07) is 6.37. The van der Waals surface area contributed by atoms with Crippen molar-refractivity contribution in [2.45, 2.75) is 53.1 Å². The minimum Gasteiger partial charge on any atom is -0.348 e. The van der Waals surface area contributed by atoms with Crippen LogP contribution in [0.2, 0.25) is 5.02 Å². The first-order chi connectivity index (χ1) is 13.9. The van der Waals surface area contributed by atoms with E-state index >= 15 is 0 Å². The van der Waals surface area contributed by atoms with Crippen LogP contribution in [0.5, 0.6) is 0 Å². The Bertz CT molecular complexity index is 1060. The van der Waals surface area contributed by atoms with Crippen molar-refractivity contribution in [2.24, 2.45) is 0 Å². The lowest BCUT2D eigenvalue weighted by atomic mass is 9.96. The van der Waals surface area contributed by atoms with Gasteiger partial charge in [-0.1, -0.05) is 30.7 Å². The molecule has 30 heavy (non-hydrogen) atoms. The normalized spacial score (nSPS) is 13.6. The molecule has 1 amide bonds. The molecule has 1 N–H and O–H groups in total. The number of hydrogen-bond acceptors (Lipinski definition) is 3. The largest absolute Gasteiger partial charge is 0.348 e. The number of hydrogen-bond donors (Lipinski definition) is 1. The summed E-state index contributed by atoms with van der Waals surface area (Å²) < 4.78 is 39.6. The summed E-state index contributed by atoms with van der Waals surface area (Å²) >= 11 is 5.85. The van der Waals surface area contributed by atoms with E-state index < -0.39 is 27.8 Å². The highest BCUT2D eigenvalue weighted by Gasteiger charge is 2.32. The van der Waals surface area contributed by atoms with Gasteiger partial charge < -0.3 is 5.32 Å². The Morgan fingerprint density at radius 3 is 2.27 bits per heavy atom. The quantitative estimate of drug-likeness (QED) is 0.651. The zero-order chi connectivity index (χ0) is 22.8. The van der Waals surface area contributed by atoms with Crippen LogP contribution in [-0.4, -0.2) is 26.6 Å². The summed E-state index contributed by atoms with van der Waals surface area (Å²) in [5, 5.41) is 2.72. The van der Waals surface area contributed by atoms with Crippen LogP contribution < -0.4 is 9.62 Å². The fraction of sp³-hybridized carbons (Fsp3) is 0.409. The van der Waals surface area contributed by atoms with Crippen molar-refractivity contribution in [3.8, 4) is 0 Å². The van der Waals surface area contributed by atoms with E-state index in [1.54, 1.807) is 6.92 Å². The van der Waals surface area contributed by atoms with Gasteiger partial charge in [0, 0.05) is 0 Å². The summed E-state index contributed by atoms with van der Waals surface area (Å²) in [4.78, 5) is 13.1. The van der Waals surface area contributed by atoms with Crippen molar-refractivity contribution in [3.05, 3.63) is 63.4 Å². The Hall–Kier alpha value is -2.12. The topological polar surface area (TPSA) is 66.5 Å². The van der Waals surface area contributed by atoms with Gasteiger partial charge in [-0.25, -0.2) is 12.8 Å². The number of carbonyl (C=O) groups excluding carboxylic acids is 1. The molecule has 8 heteroatoms. The van der Waals surface area contributed by atoms with Crippen LogP contribution in [0, 0.1) is 26.6 Å². The van der Waals surface area contributed by atoms with Crippen LogP contribution in [0.4, 0.5) is 10.1 Å². The lowest BCUT2D eigenvalue weighted by Crippen LogP contribution is -2.49. The molecule has 0 fully saturated rings. The molecular formula is C22H28ClFN2O3S. The molecule has 0 aliphatic rings. The fourth-order valence-corrected chi connectivity index (χ4v) is 4.90. The van der Waals surface area contributed by atoms with Crippen LogP contribution in [0.1, 0.15) is 48.6 Å². The van der Waals surface area contributed by atoms with Crippen LogP contribution in [0.3, 0.4) is 0 Å². The van der Waals surface area contributed by atoms with Crippen molar-refractivity contribution in [1.82, 2.24) is 5.32 Å². The van der Waals surface area contributed by atoms with Gasteiger partial charge in [0.1, 0.15) is 11.9 Å². The molecule has 164 valence electrons. The maximum Gasteiger partial charge on any atom is 0.244 e. The summed E-state index contributed by atoms with van der Waals surface area (Å²) in [5.41, 5.74) is 4.43. The number of sulfonamides is 1. The average Bonchev–Trinajstić information content (AvgIpc) is 2.63. The molecule has 0 saturated carbocycles. The van der Waals surface area contributed by atoms with Crippen molar-refractivity contribution in [1.29, 1.82) is 0 Å². The van der Waals surface area contributed by atoms with Crippen molar-refractivity contribution >= 4 is 33.2 Å². The van der Waals surface area contributed by atoms with Gasteiger partial charge in [0.2, 0.25) is 15.9 Å². The summed E-state index contributed by atoms with van der Waals surface area (Å²) in [6.07, 6.45) is 1.24. The van der Waals surface area contributed by atoms with Gasteiger partial charge in [0.25, 0.3) is 0 Å². The molecule has 0 spiro atoms. The maximum atomic E-state index is 13.6. The molecule has 5 nitrogen and oxygen atoms in total. The van der Waals surface area contributed by atoms with Gasteiger partial charge >= 0.3 is 0 Å². The molecule has 2 aromatic carbocycles. The highest BCUT2D eigenvalue weighted by Crippen LogP contribution is 2.28. The first kappa shape index (κ1) is 24.2. The Morgan fingerprint density at radius 2 is 1.73 bits per heavy atom. The van der Waals surface area contributed by atoms with E-state index in [0.29, 0.717) is 0 Å². The van der Waals surface area contributed by atoms with Crippen molar-refractivity contribution < 1.29 is 17.6 Å². The van der Waals surface area contributed by atoms with Gasteiger partial charge in [0.15, 0.2) is 0 Å². The minimum atomic E-state index is -3.83. The zero-order valence-corrected chi connectivity index (χ0v) is 19.7. The second kappa shape index (κ2) is 9.35. The molecule has 0 bridgehead atoms. The van der Waals surface area contributed by atoms with Gasteiger partial charge in [-0.05, 0) is 74.6 Å². The highest BCUT2D eigenvalue weighted by molar-refractivity contribution is 7.92. The van der Waals surface area contributed by atoms with E-state index in [9.17, 15) is 17.6 Å². The molecule has 0 aliphatic carbocycles. The predicted octanol–water partition coefficient (Wildman–Crippen LogP) is 4.83. The summed E-state index contributed by atoms with van der Waals surface area (Å²) in [7, 11) is -3.83. The van der Waals surface area contributed by atoms with Gasteiger partial charge in [0.05, 0.1) is 23.0 Å². The molecule has 0 aliphatic heterocycles. The standard InChI is InChI=1S/C22H28ClFN2O3S/c1-7-21(26(30(6,28)29)17-8-9-20(24)19(23)12-17)22(27)25-16(5)18-11-14(3)13(2)10-15(18)4/h8-12,16,21H,7H2,1-6H3,(H,25,27). The Kier molecular flexibility index (Phi) is 7.53. The fourth-order valence-electron chi connectivity index (χ4n) is 3.52. The maximum absolute atomic E-state index is 13.6. The minimum absolute atomic E-state index is 0.140. The molecule has 2 unspecified atom stereocenters. The molecule has 0 saturated heterocycles. The first-order valence-electron chi connectivity index (χ1n) is 9.69. The Morgan fingerprint density at radius 1 is 1.13 bits per heavy atom. The third kappa shape index (κ3) is 5.32. The van der Waals surface area contributed by atoms with E-state index in [2.05, 4.69) is 11.4 Å². The molecule has 0 heterocycles. The number of halogens is 2. The number of rotatable bonds is 7. The summed E-state index contributed by atoms with van der Waals surface area (Å²) in [6.45, 7) is 9.59. The lowest BCUT2D eigenvalue weighted by molar-refractivity contribution is -0.122. The molecule has 0 radical (unpaired) electrons. The van der Waals surface area contributed by atoms with Crippen LogP contribution in [0.25, 0.3) is 0 Å². The molecule has 2 aromatic rings. The number of carbonyl (C=O) groups is 1. The SMILES string of the molecule is CCC(C(=O)NC(C)c1cc(C)c(C)cc1C)N(c1ccc(F)c(Cl)c1)S(C)(=O)=O. The number of amides is 1. The second-order valence-electron chi connectivity index (χ2n) is 7.60. The van der Waals surface area contributed by atoms with Crippen LogP contribution >= 0.6 is 11.6 Å². The van der Waals surface area contributed by atoms with E-state index in [1.807, 2.05) is 33.8 Å². The Balaban J connectivity index is 2.38. The third-order valence-electron chi connectivity index (χ3n) is 5.20. The van der Waals surface area contributed by atoms with Gasteiger partial charge in [-0.15, -0.1) is 0 Å². The van der Waals surface area contributed by atoms with Crippen molar-refractivity contribution in [3.63, 3.8) is 0 Å². The van der Waals surface area contributed by atoms with E-state index in [0.717, 1.165) is 38.9 Å². The molecule has 2 atom stereocenters. The van der Waals surface area contributed by atoms with E-state index in [4.69, 9.17) is 11.6 Å². The average molecular weight is 455 g/mol. The van der Waals surface area contributed by atoms with Gasteiger partial charge in [-0.3, -0.25) is 9.10 Å². The second-order valence-corrected chi connectivity index (χ2v) is 9.87.